The second-order valence-electron chi connectivity index (χ2n) is 7.23. The number of nitrogens with one attached hydrogen (secondary N) is 2. The average molecular weight is 371 g/mol. The second kappa shape index (κ2) is 8.81. The van der Waals surface area contributed by atoms with Crippen molar-refractivity contribution in [2.24, 2.45) is 0 Å². The molecule has 1 amide bonds. The molecule has 142 valence electrons. The molecule has 0 saturated carbocycles. The zero-order valence-corrected chi connectivity index (χ0v) is 15.9. The summed E-state index contributed by atoms with van der Waals surface area (Å²) in [6, 6.07) is 22.3. The number of carbonyl (C=O) groups excluding carboxylic acids is 1. The van der Waals surface area contributed by atoms with E-state index >= 15 is 0 Å². The molecular weight excluding hydrogens is 346 g/mol. The van der Waals surface area contributed by atoms with Gasteiger partial charge in [0.25, 0.3) is 5.91 Å². The summed E-state index contributed by atoms with van der Waals surface area (Å²) in [5.74, 6) is 0.535. The van der Waals surface area contributed by atoms with Crippen molar-refractivity contribution in [3.05, 3.63) is 89.7 Å². The molecule has 0 radical (unpaired) electrons. The lowest BCUT2D eigenvalue weighted by Crippen LogP contribution is -2.26. The lowest BCUT2D eigenvalue weighted by atomic mass is 9.88. The highest BCUT2D eigenvalue weighted by molar-refractivity contribution is 5.95. The van der Waals surface area contributed by atoms with E-state index in [1.165, 1.54) is 18.4 Å². The number of carbonyl (C=O) groups is 1. The van der Waals surface area contributed by atoms with Crippen LogP contribution in [0.1, 0.15) is 40.4 Å². The predicted molar refractivity (Wildman–Crippen MR) is 112 cm³/mol. The lowest BCUT2D eigenvalue weighted by molar-refractivity contribution is 0.0950. The van der Waals surface area contributed by atoms with Gasteiger partial charge in [-0.3, -0.25) is 9.78 Å². The minimum absolute atomic E-state index is 0.0815. The SMILES string of the molecule is O=C(NCc1ccccn1)c1cccc(-c2cccc(C3CCNCC3)c2)c1. The maximum Gasteiger partial charge on any atom is 0.251 e. The molecule has 2 heterocycles. The molecule has 1 saturated heterocycles. The van der Waals surface area contributed by atoms with Gasteiger partial charge in [-0.2, -0.15) is 0 Å². The van der Waals surface area contributed by atoms with Crippen molar-refractivity contribution in [1.29, 1.82) is 0 Å². The number of aromatic nitrogens is 1. The van der Waals surface area contributed by atoms with E-state index in [0.717, 1.165) is 29.9 Å². The number of amides is 1. The summed E-state index contributed by atoms with van der Waals surface area (Å²) < 4.78 is 0. The average Bonchev–Trinajstić information content (AvgIpc) is 2.79. The van der Waals surface area contributed by atoms with Crippen LogP contribution in [-0.2, 0) is 6.54 Å². The Balaban J connectivity index is 1.49. The van der Waals surface area contributed by atoms with Crippen LogP contribution in [0, 0.1) is 0 Å². The van der Waals surface area contributed by atoms with Gasteiger partial charge in [-0.25, -0.2) is 0 Å². The Labute approximate surface area is 166 Å². The van der Waals surface area contributed by atoms with Gasteiger partial charge in [-0.15, -0.1) is 0 Å². The fraction of sp³-hybridized carbons (Fsp3) is 0.250. The summed E-state index contributed by atoms with van der Waals surface area (Å²) in [5, 5.41) is 6.37. The molecule has 28 heavy (non-hydrogen) atoms. The maximum absolute atomic E-state index is 12.6. The minimum atomic E-state index is -0.0815. The number of hydrogen-bond acceptors (Lipinski definition) is 3. The Bertz CT molecular complexity index is 933. The largest absolute Gasteiger partial charge is 0.346 e. The lowest BCUT2D eigenvalue weighted by Gasteiger charge is -2.23. The van der Waals surface area contributed by atoms with Crippen molar-refractivity contribution >= 4 is 5.91 Å². The smallest absolute Gasteiger partial charge is 0.251 e. The fourth-order valence-electron chi connectivity index (χ4n) is 3.74. The normalized spacial score (nSPS) is 14.6. The van der Waals surface area contributed by atoms with E-state index in [4.69, 9.17) is 0 Å². The molecule has 1 fully saturated rings. The van der Waals surface area contributed by atoms with E-state index in [0.29, 0.717) is 18.0 Å². The molecule has 4 heteroatoms. The van der Waals surface area contributed by atoms with Crippen LogP contribution in [0.25, 0.3) is 11.1 Å². The molecule has 4 rings (SSSR count). The molecule has 0 bridgehead atoms. The highest BCUT2D eigenvalue weighted by Gasteiger charge is 2.15. The van der Waals surface area contributed by atoms with Crippen LogP contribution in [0.15, 0.2) is 72.9 Å². The van der Waals surface area contributed by atoms with Crippen molar-refractivity contribution in [2.45, 2.75) is 25.3 Å². The highest BCUT2D eigenvalue weighted by atomic mass is 16.1. The minimum Gasteiger partial charge on any atom is -0.346 e. The molecule has 0 spiro atoms. The van der Waals surface area contributed by atoms with Crippen LogP contribution in [0.5, 0.6) is 0 Å². The Morgan fingerprint density at radius 1 is 0.964 bits per heavy atom. The zero-order valence-electron chi connectivity index (χ0n) is 15.9. The van der Waals surface area contributed by atoms with Gasteiger partial charge >= 0.3 is 0 Å². The summed E-state index contributed by atoms with van der Waals surface area (Å²) in [4.78, 5) is 16.8. The Kier molecular flexibility index (Phi) is 5.78. The third-order valence-electron chi connectivity index (χ3n) is 5.31. The van der Waals surface area contributed by atoms with Crippen molar-refractivity contribution in [3.8, 4) is 11.1 Å². The van der Waals surface area contributed by atoms with E-state index in [1.807, 2.05) is 36.4 Å². The standard InChI is InChI=1S/C24H25N3O/c28-24(27-17-23-9-1-2-12-26-23)22-8-4-7-21(16-22)20-6-3-5-19(15-20)18-10-13-25-14-11-18/h1-9,12,15-16,18,25H,10-11,13-14,17H2,(H,27,28). The molecule has 1 aliphatic heterocycles. The fourth-order valence-corrected chi connectivity index (χ4v) is 3.74. The number of pyridine rings is 1. The first kappa shape index (κ1) is 18.4. The molecule has 3 aromatic rings. The van der Waals surface area contributed by atoms with Gasteiger partial charge in [0, 0.05) is 11.8 Å². The number of rotatable bonds is 5. The quantitative estimate of drug-likeness (QED) is 0.709. The van der Waals surface area contributed by atoms with Crippen LogP contribution in [-0.4, -0.2) is 24.0 Å². The van der Waals surface area contributed by atoms with E-state index < -0.39 is 0 Å². The van der Waals surface area contributed by atoms with Gasteiger partial charge in [0.15, 0.2) is 0 Å². The highest BCUT2D eigenvalue weighted by Crippen LogP contribution is 2.29. The Hall–Kier alpha value is -2.98. The van der Waals surface area contributed by atoms with E-state index in [9.17, 15) is 4.79 Å². The van der Waals surface area contributed by atoms with Crippen LogP contribution < -0.4 is 10.6 Å². The van der Waals surface area contributed by atoms with Gasteiger partial charge in [0.1, 0.15) is 0 Å². The molecule has 4 nitrogen and oxygen atoms in total. The molecule has 0 aliphatic carbocycles. The second-order valence-corrected chi connectivity index (χ2v) is 7.23. The monoisotopic (exact) mass is 371 g/mol. The molecule has 0 atom stereocenters. The Morgan fingerprint density at radius 2 is 1.75 bits per heavy atom. The number of piperidine rings is 1. The van der Waals surface area contributed by atoms with Gasteiger partial charge < -0.3 is 10.6 Å². The molecular formula is C24H25N3O. The summed E-state index contributed by atoms with van der Waals surface area (Å²) >= 11 is 0. The van der Waals surface area contributed by atoms with Crippen molar-refractivity contribution < 1.29 is 4.79 Å². The van der Waals surface area contributed by atoms with Gasteiger partial charge in [-0.1, -0.05) is 42.5 Å². The first-order chi connectivity index (χ1) is 13.8. The topological polar surface area (TPSA) is 54.0 Å². The molecule has 0 unspecified atom stereocenters. The third-order valence-corrected chi connectivity index (χ3v) is 5.31. The summed E-state index contributed by atoms with van der Waals surface area (Å²) in [6.45, 7) is 2.59. The van der Waals surface area contributed by atoms with Crippen LogP contribution in [0.2, 0.25) is 0 Å². The van der Waals surface area contributed by atoms with Crippen LogP contribution in [0.4, 0.5) is 0 Å². The zero-order chi connectivity index (χ0) is 19.2. The van der Waals surface area contributed by atoms with Crippen molar-refractivity contribution in [2.75, 3.05) is 13.1 Å². The number of nitrogens with zero attached hydrogens (tertiary/aromatic N) is 1. The summed E-state index contributed by atoms with van der Waals surface area (Å²) in [5.41, 5.74) is 5.14. The van der Waals surface area contributed by atoms with Gasteiger partial charge in [-0.05, 0) is 72.8 Å². The molecule has 2 aromatic carbocycles. The third kappa shape index (κ3) is 4.46. The number of hydrogen-bond donors (Lipinski definition) is 2. The van der Waals surface area contributed by atoms with Crippen molar-refractivity contribution in [3.63, 3.8) is 0 Å². The van der Waals surface area contributed by atoms with Crippen LogP contribution in [0.3, 0.4) is 0 Å². The number of benzene rings is 2. The molecule has 2 N–H and O–H groups in total. The van der Waals surface area contributed by atoms with E-state index in [1.54, 1.807) is 6.20 Å². The molecule has 1 aromatic heterocycles. The van der Waals surface area contributed by atoms with E-state index in [2.05, 4.69) is 45.9 Å². The molecule has 1 aliphatic rings. The Morgan fingerprint density at radius 3 is 2.54 bits per heavy atom. The first-order valence-electron chi connectivity index (χ1n) is 9.89. The predicted octanol–water partition coefficient (Wildman–Crippen LogP) is 4.15. The van der Waals surface area contributed by atoms with Crippen LogP contribution >= 0.6 is 0 Å². The van der Waals surface area contributed by atoms with Crippen molar-refractivity contribution in [1.82, 2.24) is 15.6 Å². The maximum atomic E-state index is 12.6. The van der Waals surface area contributed by atoms with Gasteiger partial charge in [0.2, 0.25) is 0 Å². The summed E-state index contributed by atoms with van der Waals surface area (Å²) in [6.07, 6.45) is 4.09. The van der Waals surface area contributed by atoms with Gasteiger partial charge in [0.05, 0.1) is 12.2 Å². The first-order valence-corrected chi connectivity index (χ1v) is 9.89. The van der Waals surface area contributed by atoms with E-state index in [-0.39, 0.29) is 5.91 Å². The summed E-state index contributed by atoms with van der Waals surface area (Å²) in [7, 11) is 0.